The lowest BCUT2D eigenvalue weighted by atomic mass is 9.93. The number of aromatic nitrogens is 2. The van der Waals surface area contributed by atoms with Gasteiger partial charge in [-0.05, 0) is 51.0 Å². The predicted molar refractivity (Wildman–Crippen MR) is 86.1 cm³/mol. The first-order valence-electron chi connectivity index (χ1n) is 7.06. The fourth-order valence-electron chi connectivity index (χ4n) is 1.99. The van der Waals surface area contributed by atoms with Gasteiger partial charge in [0.15, 0.2) is 0 Å². The molecule has 108 valence electrons. The first-order valence-corrected chi connectivity index (χ1v) is 7.06. The largest absolute Gasteiger partial charge is 0.273 e. The molecule has 0 aliphatic heterocycles. The van der Waals surface area contributed by atoms with Gasteiger partial charge >= 0.3 is 0 Å². The van der Waals surface area contributed by atoms with Crippen LogP contribution in [0.15, 0.2) is 40.8 Å². The minimum atomic E-state index is 0.437. The van der Waals surface area contributed by atoms with Crippen LogP contribution in [0.2, 0.25) is 0 Å². The molecule has 0 spiro atoms. The van der Waals surface area contributed by atoms with Crippen molar-refractivity contribution in [1.82, 2.24) is 9.97 Å². The van der Waals surface area contributed by atoms with Gasteiger partial charge in [-0.25, -0.2) is 9.97 Å². The SMILES string of the molecule is C=N/C=C\C(C)=C(/C)C(C)Cc1cc(C(C)C)ncn1. The minimum Gasteiger partial charge on any atom is -0.273 e. The van der Waals surface area contributed by atoms with Crippen molar-refractivity contribution < 1.29 is 0 Å². The first-order chi connectivity index (χ1) is 9.45. The zero-order chi connectivity index (χ0) is 15.1. The molecule has 0 fully saturated rings. The maximum Gasteiger partial charge on any atom is 0.115 e. The van der Waals surface area contributed by atoms with Gasteiger partial charge in [0.2, 0.25) is 0 Å². The van der Waals surface area contributed by atoms with Crippen molar-refractivity contribution >= 4 is 6.72 Å². The molecular formula is C17H25N3. The van der Waals surface area contributed by atoms with Crippen LogP contribution >= 0.6 is 0 Å². The second kappa shape index (κ2) is 7.73. The number of nitrogens with zero attached hydrogens (tertiary/aromatic N) is 3. The number of hydrogen-bond donors (Lipinski definition) is 0. The Morgan fingerprint density at radius 2 is 2.00 bits per heavy atom. The normalized spacial score (nSPS) is 14.5. The molecule has 1 unspecified atom stereocenters. The Morgan fingerprint density at radius 1 is 1.30 bits per heavy atom. The summed E-state index contributed by atoms with van der Waals surface area (Å²) in [5, 5.41) is 0. The van der Waals surface area contributed by atoms with Gasteiger partial charge in [0.05, 0.1) is 0 Å². The number of hydrogen-bond acceptors (Lipinski definition) is 3. The first kappa shape index (κ1) is 16.3. The summed E-state index contributed by atoms with van der Waals surface area (Å²) in [6.07, 6.45) is 6.33. The van der Waals surface area contributed by atoms with Gasteiger partial charge in [-0.15, -0.1) is 0 Å². The lowest BCUT2D eigenvalue weighted by Crippen LogP contribution is -2.06. The fraction of sp³-hybridized carbons (Fsp3) is 0.471. The summed E-state index contributed by atoms with van der Waals surface area (Å²) >= 11 is 0. The molecule has 1 heterocycles. The smallest absolute Gasteiger partial charge is 0.115 e. The summed E-state index contributed by atoms with van der Waals surface area (Å²) in [6.45, 7) is 14.3. The zero-order valence-electron chi connectivity index (χ0n) is 13.2. The van der Waals surface area contributed by atoms with Gasteiger partial charge in [-0.2, -0.15) is 0 Å². The van der Waals surface area contributed by atoms with Crippen LogP contribution in [-0.2, 0) is 6.42 Å². The summed E-state index contributed by atoms with van der Waals surface area (Å²) in [5.41, 5.74) is 4.81. The van der Waals surface area contributed by atoms with Crippen LogP contribution in [0.4, 0.5) is 0 Å². The van der Waals surface area contributed by atoms with Gasteiger partial charge in [0, 0.05) is 17.6 Å². The molecular weight excluding hydrogens is 246 g/mol. The second-order valence-corrected chi connectivity index (χ2v) is 5.56. The van der Waals surface area contributed by atoms with E-state index in [1.165, 1.54) is 11.1 Å². The Bertz CT molecular complexity index is 513. The monoisotopic (exact) mass is 271 g/mol. The molecule has 1 atom stereocenters. The highest BCUT2D eigenvalue weighted by Crippen LogP contribution is 2.20. The molecule has 0 aliphatic rings. The third-order valence-electron chi connectivity index (χ3n) is 3.64. The van der Waals surface area contributed by atoms with Crippen molar-refractivity contribution in [2.24, 2.45) is 10.9 Å². The quantitative estimate of drug-likeness (QED) is 0.570. The Balaban J connectivity index is 2.84. The van der Waals surface area contributed by atoms with Gasteiger partial charge in [0.1, 0.15) is 6.33 Å². The van der Waals surface area contributed by atoms with E-state index in [2.05, 4.69) is 62.4 Å². The van der Waals surface area contributed by atoms with E-state index in [9.17, 15) is 0 Å². The lowest BCUT2D eigenvalue weighted by Gasteiger charge is -2.14. The van der Waals surface area contributed by atoms with E-state index in [4.69, 9.17) is 0 Å². The van der Waals surface area contributed by atoms with Crippen LogP contribution < -0.4 is 0 Å². The Labute approximate surface area is 122 Å². The van der Waals surface area contributed by atoms with E-state index in [0.717, 1.165) is 17.8 Å². The number of aliphatic imine (C=N–C) groups is 1. The summed E-state index contributed by atoms with van der Waals surface area (Å²) < 4.78 is 0. The molecule has 1 rings (SSSR count). The van der Waals surface area contributed by atoms with Crippen LogP contribution in [0.5, 0.6) is 0 Å². The van der Waals surface area contributed by atoms with Gasteiger partial charge < -0.3 is 0 Å². The van der Waals surface area contributed by atoms with Crippen LogP contribution in [-0.4, -0.2) is 16.7 Å². The second-order valence-electron chi connectivity index (χ2n) is 5.56. The lowest BCUT2D eigenvalue weighted by molar-refractivity contribution is 0.653. The molecule has 0 bridgehead atoms. The molecule has 0 aromatic carbocycles. The molecule has 20 heavy (non-hydrogen) atoms. The minimum absolute atomic E-state index is 0.437. The van der Waals surface area contributed by atoms with E-state index in [0.29, 0.717) is 11.8 Å². The van der Waals surface area contributed by atoms with Crippen LogP contribution in [0.1, 0.15) is 51.9 Å². The zero-order valence-corrected chi connectivity index (χ0v) is 13.2. The van der Waals surface area contributed by atoms with E-state index >= 15 is 0 Å². The van der Waals surface area contributed by atoms with Crippen molar-refractivity contribution in [1.29, 1.82) is 0 Å². The number of allylic oxidation sites excluding steroid dienone is 3. The average molecular weight is 271 g/mol. The standard InChI is InChI=1S/C17H25N3/c1-12(2)17-10-16(19-11-20-17)9-14(4)15(5)13(3)7-8-18-6/h7-8,10-12,14H,6,9H2,1-5H3/b8-7-,15-13+. The van der Waals surface area contributed by atoms with Gasteiger partial charge in [-0.1, -0.05) is 31.9 Å². The van der Waals surface area contributed by atoms with E-state index in [1.807, 2.05) is 6.08 Å². The molecule has 0 N–H and O–H groups in total. The Hall–Kier alpha value is -1.77. The molecule has 1 aromatic heterocycles. The summed E-state index contributed by atoms with van der Waals surface area (Å²) in [4.78, 5) is 12.4. The Kier molecular flexibility index (Phi) is 6.29. The van der Waals surface area contributed by atoms with E-state index < -0.39 is 0 Å². The highest BCUT2D eigenvalue weighted by molar-refractivity contribution is 5.29. The van der Waals surface area contributed by atoms with E-state index in [1.54, 1.807) is 12.5 Å². The van der Waals surface area contributed by atoms with Crippen molar-refractivity contribution in [3.63, 3.8) is 0 Å². The van der Waals surface area contributed by atoms with Crippen LogP contribution in [0, 0.1) is 5.92 Å². The molecule has 0 radical (unpaired) electrons. The average Bonchev–Trinajstić information content (AvgIpc) is 2.44. The van der Waals surface area contributed by atoms with Gasteiger partial charge in [-0.3, -0.25) is 4.99 Å². The molecule has 0 amide bonds. The van der Waals surface area contributed by atoms with Crippen molar-refractivity contribution in [3.8, 4) is 0 Å². The van der Waals surface area contributed by atoms with Crippen molar-refractivity contribution in [2.45, 2.75) is 47.0 Å². The van der Waals surface area contributed by atoms with Crippen LogP contribution in [0.3, 0.4) is 0 Å². The van der Waals surface area contributed by atoms with Gasteiger partial charge in [0.25, 0.3) is 0 Å². The Morgan fingerprint density at radius 3 is 2.60 bits per heavy atom. The molecule has 0 saturated heterocycles. The fourth-order valence-corrected chi connectivity index (χ4v) is 1.99. The maximum absolute atomic E-state index is 4.39. The number of rotatable bonds is 6. The summed E-state index contributed by atoms with van der Waals surface area (Å²) in [5.74, 6) is 0.881. The van der Waals surface area contributed by atoms with Crippen LogP contribution in [0.25, 0.3) is 0 Å². The topological polar surface area (TPSA) is 38.1 Å². The molecule has 1 aromatic rings. The molecule has 0 aliphatic carbocycles. The third-order valence-corrected chi connectivity index (χ3v) is 3.64. The highest BCUT2D eigenvalue weighted by atomic mass is 14.8. The van der Waals surface area contributed by atoms with Crippen molar-refractivity contribution in [2.75, 3.05) is 0 Å². The molecule has 0 saturated carbocycles. The highest BCUT2D eigenvalue weighted by Gasteiger charge is 2.10. The maximum atomic E-state index is 4.39. The predicted octanol–water partition coefficient (Wildman–Crippen LogP) is 4.33. The van der Waals surface area contributed by atoms with E-state index in [-0.39, 0.29) is 0 Å². The molecule has 3 heteroatoms. The molecule has 3 nitrogen and oxygen atoms in total. The summed E-state index contributed by atoms with van der Waals surface area (Å²) in [6, 6.07) is 2.12. The third kappa shape index (κ3) is 4.72. The summed E-state index contributed by atoms with van der Waals surface area (Å²) in [7, 11) is 0. The van der Waals surface area contributed by atoms with Crippen molar-refractivity contribution in [3.05, 3.63) is 47.2 Å².